The van der Waals surface area contributed by atoms with Crippen LogP contribution in [0.2, 0.25) is 0 Å². The highest BCUT2D eigenvalue weighted by Crippen LogP contribution is 2.30. The molecule has 2 aromatic rings. The van der Waals surface area contributed by atoms with Crippen LogP contribution < -0.4 is 15.4 Å². The van der Waals surface area contributed by atoms with E-state index in [-0.39, 0.29) is 17.8 Å². The summed E-state index contributed by atoms with van der Waals surface area (Å²) in [5.41, 5.74) is 1.42. The number of ether oxygens (including phenoxy) is 1. The molecule has 1 amide bonds. The lowest BCUT2D eigenvalue weighted by atomic mass is 10.1. The Kier molecular flexibility index (Phi) is 4.46. The van der Waals surface area contributed by atoms with Gasteiger partial charge in [0.15, 0.2) is 0 Å². The van der Waals surface area contributed by atoms with E-state index in [9.17, 15) is 9.18 Å². The van der Waals surface area contributed by atoms with E-state index in [0.29, 0.717) is 11.4 Å². The molecule has 0 saturated heterocycles. The van der Waals surface area contributed by atoms with E-state index in [2.05, 4.69) is 10.6 Å². The molecule has 0 aliphatic heterocycles. The largest absolute Gasteiger partial charge is 0.494 e. The summed E-state index contributed by atoms with van der Waals surface area (Å²) in [6, 6.07) is 13.4. The number of anilines is 1. The summed E-state index contributed by atoms with van der Waals surface area (Å²) in [7, 11) is 1.47. The number of halogens is 1. The highest BCUT2D eigenvalue weighted by atomic mass is 19.1. The number of benzene rings is 2. The van der Waals surface area contributed by atoms with Crippen LogP contribution >= 0.6 is 0 Å². The molecule has 4 nitrogen and oxygen atoms in total. The predicted molar refractivity (Wildman–Crippen MR) is 86.9 cm³/mol. The SMILES string of the molecule is COc1cc(F)ccc1NC(C(=O)NC1CC1)c1ccccc1. The minimum absolute atomic E-state index is 0.0925. The molecule has 5 heteroatoms. The second-order valence-corrected chi connectivity index (χ2v) is 5.62. The number of nitrogens with one attached hydrogen (secondary N) is 2. The van der Waals surface area contributed by atoms with E-state index in [1.165, 1.54) is 19.2 Å². The molecular weight excluding hydrogens is 295 g/mol. The third kappa shape index (κ3) is 3.80. The Morgan fingerprint density at radius 1 is 1.22 bits per heavy atom. The van der Waals surface area contributed by atoms with Gasteiger partial charge in [0.1, 0.15) is 17.6 Å². The quantitative estimate of drug-likeness (QED) is 0.860. The van der Waals surface area contributed by atoms with Crippen molar-refractivity contribution in [2.75, 3.05) is 12.4 Å². The first-order valence-electron chi connectivity index (χ1n) is 7.63. The summed E-state index contributed by atoms with van der Waals surface area (Å²) in [5.74, 6) is -0.110. The molecule has 1 fully saturated rings. The Balaban J connectivity index is 1.87. The van der Waals surface area contributed by atoms with Gasteiger partial charge < -0.3 is 15.4 Å². The molecule has 2 aromatic carbocycles. The van der Waals surface area contributed by atoms with Gasteiger partial charge in [0.2, 0.25) is 5.91 Å². The molecule has 0 heterocycles. The first kappa shape index (κ1) is 15.3. The Labute approximate surface area is 134 Å². The van der Waals surface area contributed by atoms with Crippen LogP contribution in [0.25, 0.3) is 0 Å². The Morgan fingerprint density at radius 3 is 2.61 bits per heavy atom. The summed E-state index contributed by atoms with van der Waals surface area (Å²) in [6.45, 7) is 0. The maximum absolute atomic E-state index is 13.3. The lowest BCUT2D eigenvalue weighted by Crippen LogP contribution is -2.34. The van der Waals surface area contributed by atoms with Crippen LogP contribution in [0.5, 0.6) is 5.75 Å². The van der Waals surface area contributed by atoms with Gasteiger partial charge in [-0.1, -0.05) is 30.3 Å². The number of amides is 1. The molecule has 1 aliphatic carbocycles. The molecule has 120 valence electrons. The smallest absolute Gasteiger partial charge is 0.247 e. The third-order valence-corrected chi connectivity index (χ3v) is 3.78. The summed E-state index contributed by atoms with van der Waals surface area (Å²) >= 11 is 0. The Hall–Kier alpha value is -2.56. The third-order valence-electron chi connectivity index (χ3n) is 3.78. The second-order valence-electron chi connectivity index (χ2n) is 5.62. The summed E-state index contributed by atoms with van der Waals surface area (Å²) in [5, 5.41) is 6.18. The normalized spacial score (nSPS) is 14.9. The van der Waals surface area contributed by atoms with Crippen molar-refractivity contribution in [3.8, 4) is 5.75 Å². The average molecular weight is 314 g/mol. The van der Waals surface area contributed by atoms with E-state index in [4.69, 9.17) is 4.74 Å². The topological polar surface area (TPSA) is 50.4 Å². The van der Waals surface area contributed by atoms with Crippen molar-refractivity contribution < 1.29 is 13.9 Å². The zero-order valence-electron chi connectivity index (χ0n) is 12.9. The van der Waals surface area contributed by atoms with Crippen molar-refractivity contribution in [2.24, 2.45) is 0 Å². The van der Waals surface area contributed by atoms with Crippen molar-refractivity contribution >= 4 is 11.6 Å². The molecule has 23 heavy (non-hydrogen) atoms. The monoisotopic (exact) mass is 314 g/mol. The van der Waals surface area contributed by atoms with Gasteiger partial charge in [-0.05, 0) is 30.5 Å². The fraction of sp³-hybridized carbons (Fsp3) is 0.278. The zero-order chi connectivity index (χ0) is 16.2. The van der Waals surface area contributed by atoms with E-state index >= 15 is 0 Å². The highest BCUT2D eigenvalue weighted by Gasteiger charge is 2.28. The Morgan fingerprint density at radius 2 is 1.96 bits per heavy atom. The lowest BCUT2D eigenvalue weighted by molar-refractivity contribution is -0.122. The summed E-state index contributed by atoms with van der Waals surface area (Å²) in [4.78, 5) is 12.6. The van der Waals surface area contributed by atoms with E-state index in [1.807, 2.05) is 30.3 Å². The fourth-order valence-corrected chi connectivity index (χ4v) is 2.40. The van der Waals surface area contributed by atoms with Crippen LogP contribution in [0.15, 0.2) is 48.5 Å². The van der Waals surface area contributed by atoms with E-state index in [0.717, 1.165) is 18.4 Å². The van der Waals surface area contributed by atoms with Crippen molar-refractivity contribution in [2.45, 2.75) is 24.9 Å². The van der Waals surface area contributed by atoms with Crippen molar-refractivity contribution in [1.82, 2.24) is 5.32 Å². The minimum atomic E-state index is -0.559. The van der Waals surface area contributed by atoms with Gasteiger partial charge in [-0.3, -0.25) is 4.79 Å². The standard InChI is InChI=1S/C18H19FN2O2/c1-23-16-11-13(19)7-10-15(16)21-17(12-5-3-2-4-6-12)18(22)20-14-8-9-14/h2-7,10-11,14,17,21H,8-9H2,1H3,(H,20,22). The number of hydrogen-bond acceptors (Lipinski definition) is 3. The number of carbonyl (C=O) groups excluding carboxylic acids is 1. The number of rotatable bonds is 6. The van der Waals surface area contributed by atoms with Gasteiger partial charge in [-0.25, -0.2) is 4.39 Å². The minimum Gasteiger partial charge on any atom is -0.494 e. The zero-order valence-corrected chi connectivity index (χ0v) is 12.9. The molecule has 1 atom stereocenters. The summed E-state index contributed by atoms with van der Waals surface area (Å²) in [6.07, 6.45) is 2.04. The van der Waals surface area contributed by atoms with Gasteiger partial charge in [0.25, 0.3) is 0 Å². The van der Waals surface area contributed by atoms with Crippen LogP contribution in [-0.2, 0) is 4.79 Å². The first-order chi connectivity index (χ1) is 11.2. The van der Waals surface area contributed by atoms with E-state index in [1.54, 1.807) is 6.07 Å². The maximum atomic E-state index is 13.3. The molecule has 1 unspecified atom stereocenters. The van der Waals surface area contributed by atoms with Crippen LogP contribution in [-0.4, -0.2) is 19.1 Å². The number of hydrogen-bond donors (Lipinski definition) is 2. The van der Waals surface area contributed by atoms with Crippen molar-refractivity contribution in [1.29, 1.82) is 0 Å². The van der Waals surface area contributed by atoms with Crippen molar-refractivity contribution in [3.63, 3.8) is 0 Å². The van der Waals surface area contributed by atoms with Crippen LogP contribution in [0, 0.1) is 5.82 Å². The van der Waals surface area contributed by atoms with Gasteiger partial charge in [0.05, 0.1) is 12.8 Å². The van der Waals surface area contributed by atoms with Crippen LogP contribution in [0.4, 0.5) is 10.1 Å². The molecule has 1 saturated carbocycles. The molecule has 2 N–H and O–H groups in total. The molecule has 0 aromatic heterocycles. The van der Waals surface area contributed by atoms with Crippen LogP contribution in [0.1, 0.15) is 24.4 Å². The van der Waals surface area contributed by atoms with E-state index < -0.39 is 6.04 Å². The lowest BCUT2D eigenvalue weighted by Gasteiger charge is -2.21. The maximum Gasteiger partial charge on any atom is 0.247 e. The number of carbonyl (C=O) groups is 1. The highest BCUT2D eigenvalue weighted by molar-refractivity contribution is 5.87. The number of methoxy groups -OCH3 is 1. The average Bonchev–Trinajstić information content (AvgIpc) is 3.38. The first-order valence-corrected chi connectivity index (χ1v) is 7.63. The van der Waals surface area contributed by atoms with Gasteiger partial charge in [0, 0.05) is 12.1 Å². The summed E-state index contributed by atoms with van der Waals surface area (Å²) < 4.78 is 18.5. The van der Waals surface area contributed by atoms with Gasteiger partial charge in [-0.2, -0.15) is 0 Å². The molecule has 1 aliphatic rings. The van der Waals surface area contributed by atoms with Crippen molar-refractivity contribution in [3.05, 3.63) is 59.9 Å². The molecule has 0 radical (unpaired) electrons. The molecular formula is C18H19FN2O2. The molecule has 0 bridgehead atoms. The molecule has 3 rings (SSSR count). The molecule has 0 spiro atoms. The Bertz CT molecular complexity index is 687. The predicted octanol–water partition coefficient (Wildman–Crippen LogP) is 3.27. The van der Waals surface area contributed by atoms with Crippen LogP contribution in [0.3, 0.4) is 0 Å². The second kappa shape index (κ2) is 6.69. The van der Waals surface area contributed by atoms with Gasteiger partial charge >= 0.3 is 0 Å². The van der Waals surface area contributed by atoms with Gasteiger partial charge in [-0.15, -0.1) is 0 Å². The fourth-order valence-electron chi connectivity index (χ4n) is 2.40.